The lowest BCUT2D eigenvalue weighted by atomic mass is 9.95. The van der Waals surface area contributed by atoms with Crippen molar-refractivity contribution in [3.63, 3.8) is 0 Å². The predicted molar refractivity (Wildman–Crippen MR) is 128 cm³/mol. The quantitative estimate of drug-likeness (QED) is 0.590. The summed E-state index contributed by atoms with van der Waals surface area (Å²) in [7, 11) is -2.37. The number of hydrogen-bond acceptors (Lipinski definition) is 4. The maximum absolute atomic E-state index is 13.8. The summed E-state index contributed by atoms with van der Waals surface area (Å²) in [6.07, 6.45) is 4.48. The number of amides is 1. The summed E-state index contributed by atoms with van der Waals surface area (Å²) in [5.41, 5.74) is 2.81. The Kier molecular flexibility index (Phi) is 7.85. The molecular formula is C24H31ClN2O4S. The Morgan fingerprint density at radius 2 is 1.72 bits per heavy atom. The summed E-state index contributed by atoms with van der Waals surface area (Å²) < 4.78 is 34.4. The highest BCUT2D eigenvalue weighted by Crippen LogP contribution is 2.32. The van der Waals surface area contributed by atoms with Crippen molar-refractivity contribution in [2.75, 3.05) is 19.0 Å². The molecule has 0 bridgehead atoms. The number of benzene rings is 2. The molecule has 0 atom stereocenters. The highest BCUT2D eigenvalue weighted by molar-refractivity contribution is 7.89. The van der Waals surface area contributed by atoms with Crippen LogP contribution in [0.25, 0.3) is 0 Å². The molecule has 32 heavy (non-hydrogen) atoms. The molecule has 1 aliphatic carbocycles. The molecule has 1 N–H and O–H groups in total. The first-order valence-electron chi connectivity index (χ1n) is 10.9. The number of anilines is 1. The number of nitrogens with one attached hydrogen (secondary N) is 1. The topological polar surface area (TPSA) is 75.7 Å². The Morgan fingerprint density at radius 1 is 1.09 bits per heavy atom. The second-order valence-electron chi connectivity index (χ2n) is 8.46. The zero-order valence-electron chi connectivity index (χ0n) is 19.1. The van der Waals surface area contributed by atoms with Gasteiger partial charge in [-0.05, 0) is 62.9 Å². The van der Waals surface area contributed by atoms with E-state index < -0.39 is 15.9 Å². The van der Waals surface area contributed by atoms with Crippen LogP contribution in [0.1, 0.15) is 48.8 Å². The molecule has 0 heterocycles. The number of halogens is 1. The minimum Gasteiger partial charge on any atom is -0.495 e. The number of hydrogen-bond donors (Lipinski definition) is 1. The summed E-state index contributed by atoms with van der Waals surface area (Å²) >= 11 is 6.07. The van der Waals surface area contributed by atoms with Gasteiger partial charge < -0.3 is 10.1 Å². The predicted octanol–water partition coefficient (Wildman–Crippen LogP) is 5.24. The van der Waals surface area contributed by atoms with Gasteiger partial charge in [0.05, 0.1) is 24.2 Å². The summed E-state index contributed by atoms with van der Waals surface area (Å²) in [5, 5.41) is 3.23. The lowest BCUT2D eigenvalue weighted by molar-refractivity contribution is -0.116. The maximum Gasteiger partial charge on any atom is 0.244 e. The lowest BCUT2D eigenvalue weighted by Crippen LogP contribution is -2.46. The van der Waals surface area contributed by atoms with Gasteiger partial charge >= 0.3 is 0 Å². The average Bonchev–Trinajstić information content (AvgIpc) is 2.71. The number of methoxy groups -OCH3 is 1. The van der Waals surface area contributed by atoms with E-state index in [1.807, 2.05) is 32.9 Å². The molecule has 6 nitrogen and oxygen atoms in total. The van der Waals surface area contributed by atoms with Crippen molar-refractivity contribution in [3.8, 4) is 5.75 Å². The number of nitrogens with zero attached hydrogens (tertiary/aromatic N) is 1. The third-order valence-corrected chi connectivity index (χ3v) is 8.33. The molecule has 8 heteroatoms. The average molecular weight is 479 g/mol. The van der Waals surface area contributed by atoms with Gasteiger partial charge in [-0.3, -0.25) is 4.79 Å². The van der Waals surface area contributed by atoms with Crippen LogP contribution in [0.15, 0.2) is 35.2 Å². The Morgan fingerprint density at radius 3 is 2.31 bits per heavy atom. The first-order valence-corrected chi connectivity index (χ1v) is 12.7. The number of aryl methyl sites for hydroxylation is 3. The second-order valence-corrected chi connectivity index (χ2v) is 10.7. The Balaban J connectivity index is 1.95. The van der Waals surface area contributed by atoms with Crippen molar-refractivity contribution in [2.45, 2.75) is 63.8 Å². The molecule has 0 saturated heterocycles. The van der Waals surface area contributed by atoms with E-state index in [9.17, 15) is 13.2 Å². The van der Waals surface area contributed by atoms with Crippen LogP contribution < -0.4 is 10.1 Å². The van der Waals surface area contributed by atoms with E-state index in [4.69, 9.17) is 16.3 Å². The smallest absolute Gasteiger partial charge is 0.244 e. The molecule has 174 valence electrons. The SMILES string of the molecule is COc1ccc(Cl)cc1NC(=O)CN(C1CCCCC1)S(=O)(=O)c1c(C)cc(C)cc1C. The van der Waals surface area contributed by atoms with Crippen molar-refractivity contribution < 1.29 is 17.9 Å². The zero-order valence-corrected chi connectivity index (χ0v) is 20.6. The van der Waals surface area contributed by atoms with Gasteiger partial charge in [-0.25, -0.2) is 8.42 Å². The van der Waals surface area contributed by atoms with E-state index in [-0.39, 0.29) is 12.6 Å². The van der Waals surface area contributed by atoms with Crippen LogP contribution in [0.5, 0.6) is 5.75 Å². The Labute approximate surface area is 196 Å². The second kappa shape index (κ2) is 10.2. The van der Waals surface area contributed by atoms with Gasteiger partial charge in [0.15, 0.2) is 0 Å². The highest BCUT2D eigenvalue weighted by atomic mass is 35.5. The standard InChI is InChI=1S/C24H31ClN2O4S/c1-16-12-17(2)24(18(3)13-16)32(29,30)27(20-8-6-5-7-9-20)15-23(28)26-21-14-19(25)10-11-22(21)31-4/h10-14,20H,5-9,15H2,1-4H3,(H,26,28). The summed E-state index contributed by atoms with van der Waals surface area (Å²) in [6.45, 7) is 5.29. The molecule has 1 aliphatic rings. The summed E-state index contributed by atoms with van der Waals surface area (Å²) in [6, 6.07) is 8.45. The summed E-state index contributed by atoms with van der Waals surface area (Å²) in [4.78, 5) is 13.3. The third kappa shape index (κ3) is 5.45. The van der Waals surface area contributed by atoms with Crippen molar-refractivity contribution in [1.82, 2.24) is 4.31 Å². The normalized spacial score (nSPS) is 15.1. The zero-order chi connectivity index (χ0) is 23.5. The number of rotatable bonds is 7. The number of carbonyl (C=O) groups is 1. The van der Waals surface area contributed by atoms with Crippen molar-refractivity contribution >= 4 is 33.2 Å². The van der Waals surface area contributed by atoms with Crippen molar-refractivity contribution in [2.24, 2.45) is 0 Å². The van der Waals surface area contributed by atoms with Crippen LogP contribution in [-0.4, -0.2) is 38.3 Å². The molecule has 3 rings (SSSR count). The van der Waals surface area contributed by atoms with Crippen LogP contribution in [-0.2, 0) is 14.8 Å². The van der Waals surface area contributed by atoms with Gasteiger partial charge in [0.1, 0.15) is 5.75 Å². The van der Waals surface area contributed by atoms with Crippen LogP contribution in [0.3, 0.4) is 0 Å². The number of ether oxygens (including phenoxy) is 1. The fraction of sp³-hybridized carbons (Fsp3) is 0.458. The molecule has 0 radical (unpaired) electrons. The molecule has 2 aromatic rings. The van der Waals surface area contributed by atoms with E-state index in [1.165, 1.54) is 11.4 Å². The number of carbonyl (C=O) groups excluding carboxylic acids is 1. The van der Waals surface area contributed by atoms with Crippen LogP contribution in [0, 0.1) is 20.8 Å². The van der Waals surface area contributed by atoms with Crippen molar-refractivity contribution in [3.05, 3.63) is 52.0 Å². The van der Waals surface area contributed by atoms with E-state index in [0.29, 0.717) is 32.5 Å². The first kappa shape index (κ1) is 24.6. The van der Waals surface area contributed by atoms with Gasteiger partial charge in [-0.15, -0.1) is 0 Å². The monoisotopic (exact) mass is 478 g/mol. The molecule has 0 aromatic heterocycles. The highest BCUT2D eigenvalue weighted by Gasteiger charge is 2.35. The maximum atomic E-state index is 13.8. The van der Waals surface area contributed by atoms with E-state index in [2.05, 4.69) is 5.32 Å². The fourth-order valence-corrected chi connectivity index (χ4v) is 6.81. The Hall–Kier alpha value is -2.09. The molecule has 2 aromatic carbocycles. The lowest BCUT2D eigenvalue weighted by Gasteiger charge is -2.33. The van der Waals surface area contributed by atoms with Crippen LogP contribution in [0.2, 0.25) is 5.02 Å². The number of sulfonamides is 1. The van der Waals surface area contributed by atoms with Gasteiger partial charge in [0.2, 0.25) is 15.9 Å². The third-order valence-electron chi connectivity index (χ3n) is 5.89. The minimum absolute atomic E-state index is 0.208. The van der Waals surface area contributed by atoms with Gasteiger partial charge in [-0.2, -0.15) is 4.31 Å². The molecule has 0 unspecified atom stereocenters. The van der Waals surface area contributed by atoms with Gasteiger partial charge in [0, 0.05) is 11.1 Å². The van der Waals surface area contributed by atoms with E-state index in [1.54, 1.807) is 18.2 Å². The van der Waals surface area contributed by atoms with Crippen molar-refractivity contribution in [1.29, 1.82) is 0 Å². The molecular weight excluding hydrogens is 448 g/mol. The molecule has 0 spiro atoms. The van der Waals surface area contributed by atoms with Gasteiger partial charge in [-0.1, -0.05) is 48.6 Å². The Bertz CT molecular complexity index is 1070. The molecule has 1 fully saturated rings. The summed E-state index contributed by atoms with van der Waals surface area (Å²) in [5.74, 6) is 0.0298. The largest absolute Gasteiger partial charge is 0.495 e. The molecule has 1 amide bonds. The fourth-order valence-electron chi connectivity index (χ4n) is 4.58. The van der Waals surface area contributed by atoms with Gasteiger partial charge in [0.25, 0.3) is 0 Å². The molecule has 0 aliphatic heterocycles. The van der Waals surface area contributed by atoms with Crippen LogP contribution >= 0.6 is 11.6 Å². The minimum atomic E-state index is -3.87. The van der Waals surface area contributed by atoms with E-state index >= 15 is 0 Å². The van der Waals surface area contributed by atoms with E-state index in [0.717, 1.165) is 37.7 Å². The molecule has 1 saturated carbocycles. The first-order chi connectivity index (χ1) is 15.1. The van der Waals surface area contributed by atoms with Crippen LogP contribution in [0.4, 0.5) is 5.69 Å².